The Balaban J connectivity index is -0.0000000225. The molecule has 0 amide bonds. The van der Waals surface area contributed by atoms with Crippen molar-refractivity contribution in [2.24, 2.45) is 0 Å². The van der Waals surface area contributed by atoms with Gasteiger partial charge in [-0.1, -0.05) is 0 Å². The van der Waals surface area contributed by atoms with Crippen LogP contribution >= 0.6 is 0 Å². The van der Waals surface area contributed by atoms with Gasteiger partial charge in [-0.15, -0.1) is 0 Å². The average Bonchev–Trinajstić information content (AvgIpc) is 1.62. The predicted molar refractivity (Wildman–Crippen MR) is 49.6 cm³/mol. The summed E-state index contributed by atoms with van der Waals surface area (Å²) in [6.45, 7) is 0. The van der Waals surface area contributed by atoms with Crippen LogP contribution in [0.15, 0.2) is 0 Å². The Hall–Kier alpha value is 4.23. The Morgan fingerprint density at radius 1 is 0.333 bits per heavy atom. The quantitative estimate of drug-likeness (QED) is 0.145. The largest absolute Gasteiger partial charge is 1.00 e. The molecule has 24 heavy (non-hydrogen) atoms. The van der Waals surface area contributed by atoms with Crippen LogP contribution in [0.5, 0.6) is 0 Å². The molecule has 0 atom stereocenters. The number of hydrogen-bond donors (Lipinski definition) is 12. The molecule has 0 fully saturated rings. The number of rotatable bonds is 0. The van der Waals surface area contributed by atoms with E-state index < -0.39 is 36.2 Å². The second kappa shape index (κ2) is 23.5. The van der Waals surface area contributed by atoms with Crippen molar-refractivity contribution in [3.05, 3.63) is 0 Å². The first-order valence-electron chi connectivity index (χ1n) is 3.50. The summed E-state index contributed by atoms with van der Waals surface area (Å²) in [5, 5.41) is 0. The van der Waals surface area contributed by atoms with Crippen molar-refractivity contribution in [2.45, 2.75) is 0 Å². The summed E-state index contributed by atoms with van der Waals surface area (Å²) >= 11 is 0. The normalized spacial score (nSPS) is 10.0. The Morgan fingerprint density at radius 3 is 0.333 bits per heavy atom. The van der Waals surface area contributed by atoms with Crippen LogP contribution in [0.3, 0.4) is 0 Å². The fourth-order valence-electron chi connectivity index (χ4n) is 0. The molecule has 0 aliphatic rings. The van der Waals surface area contributed by atoms with Gasteiger partial charge in [-0.2, -0.15) is 0 Å². The molecule has 0 aromatic carbocycles. The van der Waals surface area contributed by atoms with E-state index in [0.717, 1.165) is 0 Å². The summed E-state index contributed by atoms with van der Waals surface area (Å²) in [6, 6.07) is 0. The van der Waals surface area contributed by atoms with Gasteiger partial charge in [0.15, 0.2) is 0 Å². The first-order valence-corrected chi connectivity index (χ1v) is 10.5. The zero-order chi connectivity index (χ0) is 18.0. The second-order valence-corrected chi connectivity index (χ2v) is 6.90. The molecule has 0 saturated heterocycles. The molecule has 0 saturated carbocycles. The maximum absolute atomic E-state index is 8.58. The Morgan fingerprint density at radius 2 is 0.333 bits per heavy atom. The van der Waals surface area contributed by atoms with Crippen LogP contribution in [0, 0.1) is 0 Å². The van der Waals surface area contributed by atoms with Gasteiger partial charge in [0.05, 0.1) is 0 Å². The smallest absolute Gasteiger partial charge is 0.894 e. The molecular formula is H12Na4O16Si4. The molecule has 0 bridgehead atoms. The van der Waals surface area contributed by atoms with Gasteiger partial charge >= 0.3 is 145 Å². The molecule has 0 aromatic rings. The topological polar surface area (TPSA) is 335 Å². The molecule has 16 nitrogen and oxygen atoms in total. The molecule has 0 unspecified atom stereocenters. The van der Waals surface area contributed by atoms with E-state index in [1.54, 1.807) is 0 Å². The Bertz CT molecular complexity index is 140. The first kappa shape index (κ1) is 51.1. The van der Waals surface area contributed by atoms with Gasteiger partial charge in [-0.05, 0) is 0 Å². The molecule has 24 heteroatoms. The van der Waals surface area contributed by atoms with Crippen molar-refractivity contribution in [3.8, 4) is 0 Å². The minimum Gasteiger partial charge on any atom is -0.894 e. The van der Waals surface area contributed by atoms with Gasteiger partial charge in [-0.3, -0.25) is 0 Å². The maximum Gasteiger partial charge on any atom is 1.00 e. The molecule has 0 aliphatic heterocycles. The summed E-state index contributed by atoms with van der Waals surface area (Å²) in [4.78, 5) is 122. The first-order chi connectivity index (χ1) is 8.00. The third-order valence-corrected chi connectivity index (χ3v) is 0. The van der Waals surface area contributed by atoms with Gasteiger partial charge in [0.1, 0.15) is 0 Å². The summed E-state index contributed by atoms with van der Waals surface area (Å²) in [7, 11) is -19.4. The van der Waals surface area contributed by atoms with E-state index in [9.17, 15) is 0 Å². The fourth-order valence-corrected chi connectivity index (χ4v) is 0. The van der Waals surface area contributed by atoms with Gasteiger partial charge < -0.3 is 85.8 Å². The van der Waals surface area contributed by atoms with Crippen LogP contribution in [0.2, 0.25) is 0 Å². The molecule has 0 rings (SSSR count). The second-order valence-electron chi connectivity index (χ2n) is 2.30. The van der Waals surface area contributed by atoms with Gasteiger partial charge in [0, 0.05) is 0 Å². The minimum absolute atomic E-state index is 0. The van der Waals surface area contributed by atoms with Gasteiger partial charge in [0.2, 0.25) is 0 Å². The zero-order valence-electron chi connectivity index (χ0n) is 13.0. The monoisotopic (exact) mass is 472 g/mol. The van der Waals surface area contributed by atoms with Crippen LogP contribution in [0.1, 0.15) is 0 Å². The third-order valence-electron chi connectivity index (χ3n) is 0. The molecule has 0 aliphatic carbocycles. The van der Waals surface area contributed by atoms with Crippen molar-refractivity contribution >= 4 is 36.2 Å². The van der Waals surface area contributed by atoms with Crippen LogP contribution < -0.4 is 137 Å². The van der Waals surface area contributed by atoms with E-state index in [-0.39, 0.29) is 118 Å². The van der Waals surface area contributed by atoms with E-state index in [0.29, 0.717) is 0 Å². The number of hydrogen-bond acceptors (Lipinski definition) is 16. The predicted octanol–water partition coefficient (Wildman–Crippen LogP) is -24.9. The molecule has 0 aromatic heterocycles. The average molecular weight is 472 g/mol. The van der Waals surface area contributed by atoms with E-state index >= 15 is 0 Å². The van der Waals surface area contributed by atoms with Crippen LogP contribution in [0.25, 0.3) is 0 Å². The molecule has 0 radical (unpaired) electrons. The SMILES string of the molecule is O[Si](O)(O)O.O[Si](O)(O)O.O[Si](O)(O)O.[Na+].[Na+].[Na+].[Na+].[O-][Si]([O-])([O-])[O-]. The van der Waals surface area contributed by atoms with Crippen molar-refractivity contribution in [3.63, 3.8) is 0 Å². The van der Waals surface area contributed by atoms with E-state index in [1.807, 2.05) is 0 Å². The summed E-state index contributed by atoms with van der Waals surface area (Å²) < 4.78 is 0. The van der Waals surface area contributed by atoms with Crippen molar-refractivity contribution in [1.82, 2.24) is 0 Å². The standard InChI is InChI=1S/4Na.3H4O4Si.O4Si/c;;;;4*1-5(2,3)4/h;;;;3*1-4H;/q4*+1;;;;-4. The summed E-state index contributed by atoms with van der Waals surface area (Å²) in [5.74, 6) is 0. The maximum atomic E-state index is 8.58. The Kier molecular flexibility index (Phi) is 50.1. The van der Waals surface area contributed by atoms with E-state index in [4.69, 9.17) is 76.7 Å². The molecule has 12 N–H and O–H groups in total. The minimum atomic E-state index is -5.61. The van der Waals surface area contributed by atoms with Crippen LogP contribution in [-0.4, -0.2) is 93.7 Å². The van der Waals surface area contributed by atoms with Crippen molar-refractivity contribution < 1.29 is 195 Å². The van der Waals surface area contributed by atoms with E-state index in [2.05, 4.69) is 0 Å². The summed E-state index contributed by atoms with van der Waals surface area (Å²) in [6.07, 6.45) is 0. The van der Waals surface area contributed by atoms with Gasteiger partial charge in [-0.25, -0.2) is 0 Å². The fraction of sp³-hybridized carbons (Fsp3) is 0. The van der Waals surface area contributed by atoms with Gasteiger partial charge in [0.25, 0.3) is 0 Å². The van der Waals surface area contributed by atoms with Crippen LogP contribution in [0.4, 0.5) is 0 Å². The molecule has 0 heterocycles. The van der Waals surface area contributed by atoms with E-state index in [1.165, 1.54) is 0 Å². The summed E-state index contributed by atoms with van der Waals surface area (Å²) in [5.41, 5.74) is 0. The van der Waals surface area contributed by atoms with Crippen molar-refractivity contribution in [1.29, 1.82) is 0 Å². The molecular weight excluding hydrogens is 460 g/mol. The molecule has 128 valence electrons. The molecule has 0 spiro atoms. The van der Waals surface area contributed by atoms with Crippen molar-refractivity contribution in [2.75, 3.05) is 0 Å². The zero-order valence-corrected chi connectivity index (χ0v) is 25.0. The van der Waals surface area contributed by atoms with Crippen LogP contribution in [-0.2, 0) is 0 Å². The third kappa shape index (κ3) is 934. The Labute approximate surface area is 227 Å².